The van der Waals surface area contributed by atoms with Crippen molar-refractivity contribution in [1.29, 1.82) is 0 Å². The van der Waals surface area contributed by atoms with Gasteiger partial charge in [0.1, 0.15) is 0 Å². The quantitative estimate of drug-likeness (QED) is 0.124. The molecule has 27 heavy (non-hydrogen) atoms. The second-order valence-electron chi connectivity index (χ2n) is 8.24. The molecular formula is C17H36O8S2. The molecule has 10 heteroatoms. The summed E-state index contributed by atoms with van der Waals surface area (Å²) in [6, 6.07) is 0. The van der Waals surface area contributed by atoms with Gasteiger partial charge < -0.3 is 10.2 Å². The minimum Gasteiger partial charge on any atom is -0.393 e. The molecule has 2 unspecified atom stereocenters. The summed E-state index contributed by atoms with van der Waals surface area (Å²) in [6.45, 7) is 6.83. The van der Waals surface area contributed by atoms with Crippen LogP contribution in [-0.4, -0.2) is 50.1 Å². The third-order valence-corrected chi connectivity index (χ3v) is 7.08. The molecule has 0 amide bonds. The molecule has 0 bridgehead atoms. The van der Waals surface area contributed by atoms with Crippen LogP contribution in [0.15, 0.2) is 0 Å². The smallest absolute Gasteiger partial charge is 0.270 e. The number of rotatable bonds is 16. The van der Waals surface area contributed by atoms with Crippen LogP contribution < -0.4 is 0 Å². The Hall–Kier alpha value is 0.0600. The van der Waals surface area contributed by atoms with Crippen LogP contribution in [-0.2, 0) is 19.5 Å². The first-order valence-electron chi connectivity index (χ1n) is 9.30. The van der Waals surface area contributed by atoms with Gasteiger partial charge in [-0.25, -0.2) is 5.26 Å². The predicted octanol–water partition coefficient (Wildman–Crippen LogP) is 3.73. The lowest BCUT2D eigenvalue weighted by Crippen LogP contribution is -2.31. The minimum atomic E-state index is -4.10. The van der Waals surface area contributed by atoms with Crippen molar-refractivity contribution < 1.29 is 37.8 Å². The summed E-state index contributed by atoms with van der Waals surface area (Å²) in [4.78, 5) is 0. The predicted molar refractivity (Wildman–Crippen MR) is 106 cm³/mol. The number of aliphatic hydroxyl groups excluding tert-OH is 2. The van der Waals surface area contributed by atoms with Crippen LogP contribution in [0.4, 0.5) is 0 Å². The van der Waals surface area contributed by atoms with Gasteiger partial charge in [0, 0.05) is 16.8 Å². The van der Waals surface area contributed by atoms with E-state index in [-0.39, 0.29) is 11.2 Å². The van der Waals surface area contributed by atoms with E-state index in [1.165, 1.54) is 13.8 Å². The van der Waals surface area contributed by atoms with E-state index in [2.05, 4.69) is 9.37 Å². The number of hydrogen-bond acceptors (Lipinski definition) is 8. The summed E-state index contributed by atoms with van der Waals surface area (Å²) in [5, 5.41) is 31.8. The fourth-order valence-electron chi connectivity index (χ4n) is 2.68. The van der Waals surface area contributed by atoms with Gasteiger partial charge >= 0.3 is 0 Å². The van der Waals surface area contributed by atoms with Crippen LogP contribution in [0.2, 0.25) is 0 Å². The largest absolute Gasteiger partial charge is 0.393 e. The Labute approximate surface area is 167 Å². The van der Waals surface area contributed by atoms with E-state index in [9.17, 15) is 18.6 Å². The van der Waals surface area contributed by atoms with Gasteiger partial charge in [-0.15, -0.1) is 4.33 Å². The second kappa shape index (κ2) is 12.6. The van der Waals surface area contributed by atoms with Gasteiger partial charge in [0.25, 0.3) is 10.1 Å². The summed E-state index contributed by atoms with van der Waals surface area (Å²) < 4.78 is 34.6. The highest BCUT2D eigenvalue weighted by Crippen LogP contribution is 2.31. The van der Waals surface area contributed by atoms with E-state index >= 15 is 0 Å². The van der Waals surface area contributed by atoms with Gasteiger partial charge in [0.2, 0.25) is 0 Å². The third kappa shape index (κ3) is 13.0. The van der Waals surface area contributed by atoms with E-state index in [0.717, 1.165) is 24.9 Å². The first kappa shape index (κ1) is 27.1. The van der Waals surface area contributed by atoms with Gasteiger partial charge in [-0.05, 0) is 85.5 Å². The van der Waals surface area contributed by atoms with Crippen LogP contribution in [0.25, 0.3) is 0 Å². The Kier molecular flexibility index (Phi) is 12.6. The maximum atomic E-state index is 11.2. The number of hydrogen-bond donors (Lipinski definition) is 4. The molecule has 0 aromatic heterocycles. The van der Waals surface area contributed by atoms with Crippen molar-refractivity contribution in [2.45, 2.75) is 107 Å². The lowest BCUT2D eigenvalue weighted by molar-refractivity contribution is -0.432. The lowest BCUT2D eigenvalue weighted by atomic mass is 9.98. The molecule has 0 heterocycles. The van der Waals surface area contributed by atoms with Crippen molar-refractivity contribution in [3.8, 4) is 0 Å². The van der Waals surface area contributed by atoms with Crippen LogP contribution in [0.1, 0.15) is 85.5 Å². The van der Waals surface area contributed by atoms with Gasteiger partial charge in [-0.1, -0.05) is 5.04 Å². The standard InChI is InChI=1S/C17H36O8S2/c1-16(2,26-25-24-20)12-6-10-14(18)8-5-9-15(19)11-7-13-17(3,4)27(21,22)23/h14-15,18-20H,5-13H2,1-4H3,(H,21,22,23). The molecule has 2 atom stereocenters. The van der Waals surface area contributed by atoms with E-state index in [1.807, 2.05) is 13.8 Å². The average Bonchev–Trinajstić information content (AvgIpc) is 2.51. The highest BCUT2D eigenvalue weighted by Gasteiger charge is 2.32. The van der Waals surface area contributed by atoms with Gasteiger partial charge in [-0.2, -0.15) is 8.42 Å². The molecule has 8 nitrogen and oxygen atoms in total. The van der Waals surface area contributed by atoms with E-state index < -0.39 is 27.1 Å². The minimum absolute atomic E-state index is 0.242. The Morgan fingerprint density at radius 2 is 1.33 bits per heavy atom. The normalized spacial score (nSPS) is 15.7. The molecule has 4 N–H and O–H groups in total. The van der Waals surface area contributed by atoms with E-state index in [4.69, 9.17) is 9.81 Å². The molecule has 0 aromatic rings. The Bertz CT molecular complexity index is 493. The highest BCUT2D eigenvalue weighted by atomic mass is 32.2. The highest BCUT2D eigenvalue weighted by molar-refractivity contribution is 7.95. The number of aliphatic hydroxyl groups is 2. The molecule has 0 aliphatic rings. The summed E-state index contributed by atoms with van der Waals surface area (Å²) in [6.07, 6.45) is 4.32. The summed E-state index contributed by atoms with van der Waals surface area (Å²) in [7, 11) is -4.10. The molecule has 0 aliphatic heterocycles. The molecule has 0 saturated heterocycles. The van der Waals surface area contributed by atoms with Crippen LogP contribution in [0, 0.1) is 0 Å². The SMILES string of the molecule is CC(C)(CCCC(O)CCCC(O)CCCC(C)(C)S(=O)(=O)O)SOOO. The Morgan fingerprint density at radius 1 is 0.889 bits per heavy atom. The van der Waals surface area contributed by atoms with Crippen LogP contribution >= 0.6 is 12.0 Å². The van der Waals surface area contributed by atoms with Crippen molar-refractivity contribution in [1.82, 2.24) is 0 Å². The lowest BCUT2D eigenvalue weighted by Gasteiger charge is -2.22. The van der Waals surface area contributed by atoms with Crippen molar-refractivity contribution in [3.63, 3.8) is 0 Å². The van der Waals surface area contributed by atoms with Crippen molar-refractivity contribution in [2.75, 3.05) is 0 Å². The second-order valence-corrected chi connectivity index (χ2v) is 11.7. The van der Waals surface area contributed by atoms with Crippen molar-refractivity contribution in [2.24, 2.45) is 0 Å². The summed E-state index contributed by atoms with van der Waals surface area (Å²) in [5.41, 5.74) is 0. The molecule has 0 aliphatic carbocycles. The molecular weight excluding hydrogens is 396 g/mol. The summed E-state index contributed by atoms with van der Waals surface area (Å²) >= 11 is 1.02. The molecule has 0 rings (SSSR count). The molecule has 0 spiro atoms. The molecule has 0 radical (unpaired) electrons. The molecule has 164 valence electrons. The van der Waals surface area contributed by atoms with Gasteiger partial charge in [-0.3, -0.25) is 4.55 Å². The van der Waals surface area contributed by atoms with Gasteiger partial charge in [0.05, 0.1) is 17.0 Å². The van der Waals surface area contributed by atoms with Gasteiger partial charge in [0.15, 0.2) is 0 Å². The first-order valence-corrected chi connectivity index (χ1v) is 11.5. The maximum absolute atomic E-state index is 11.2. The maximum Gasteiger partial charge on any atom is 0.270 e. The Morgan fingerprint density at radius 3 is 1.78 bits per heavy atom. The zero-order valence-electron chi connectivity index (χ0n) is 16.8. The Balaban J connectivity index is 3.86. The van der Waals surface area contributed by atoms with E-state index in [0.29, 0.717) is 38.5 Å². The fraction of sp³-hybridized carbons (Fsp3) is 1.00. The summed E-state index contributed by atoms with van der Waals surface area (Å²) in [5.74, 6) is 0. The van der Waals surface area contributed by atoms with Crippen LogP contribution in [0.5, 0.6) is 0 Å². The fourth-order valence-corrected chi connectivity index (χ4v) is 3.53. The van der Waals surface area contributed by atoms with E-state index in [1.54, 1.807) is 0 Å². The first-order chi connectivity index (χ1) is 12.3. The van der Waals surface area contributed by atoms with Crippen LogP contribution in [0.3, 0.4) is 0 Å². The molecule has 0 fully saturated rings. The monoisotopic (exact) mass is 432 g/mol. The average molecular weight is 433 g/mol. The zero-order valence-corrected chi connectivity index (χ0v) is 18.4. The topological polar surface area (TPSA) is 134 Å². The van der Waals surface area contributed by atoms with Crippen molar-refractivity contribution >= 4 is 22.2 Å². The molecule has 0 aromatic carbocycles. The third-order valence-electron chi connectivity index (χ3n) is 4.70. The molecule has 0 saturated carbocycles. The van der Waals surface area contributed by atoms with Crippen molar-refractivity contribution in [3.05, 3.63) is 0 Å². The zero-order chi connectivity index (χ0) is 21.1.